The predicted molar refractivity (Wildman–Crippen MR) is 52.6 cm³/mol. The fourth-order valence-electron chi connectivity index (χ4n) is 1.94. The second-order valence-electron chi connectivity index (χ2n) is 3.86. The van der Waals surface area contributed by atoms with E-state index in [4.69, 9.17) is 9.79 Å². The molecule has 0 heterocycles. The van der Waals surface area contributed by atoms with Gasteiger partial charge in [-0.1, -0.05) is 6.08 Å². The minimum atomic E-state index is -3.79. The highest BCUT2D eigenvalue weighted by molar-refractivity contribution is 7.51. The van der Waals surface area contributed by atoms with Crippen LogP contribution in [0.2, 0.25) is 0 Å². The van der Waals surface area contributed by atoms with E-state index in [0.717, 1.165) is 25.7 Å². The molecule has 13 heavy (non-hydrogen) atoms. The van der Waals surface area contributed by atoms with Crippen LogP contribution in [0, 0.1) is 11.8 Å². The van der Waals surface area contributed by atoms with Crippen molar-refractivity contribution in [1.82, 2.24) is 0 Å². The first-order valence-electron chi connectivity index (χ1n) is 4.68. The molecule has 0 atom stereocenters. The van der Waals surface area contributed by atoms with Gasteiger partial charge >= 0.3 is 7.60 Å². The molecule has 0 aliphatic heterocycles. The van der Waals surface area contributed by atoms with Crippen LogP contribution >= 0.6 is 7.60 Å². The molecule has 1 aliphatic carbocycles. The molecule has 0 aromatic heterocycles. The van der Waals surface area contributed by atoms with E-state index in [1.165, 1.54) is 0 Å². The van der Waals surface area contributed by atoms with Crippen molar-refractivity contribution >= 4 is 7.60 Å². The lowest BCUT2D eigenvalue weighted by atomic mass is 9.83. The van der Waals surface area contributed by atoms with E-state index in [-0.39, 0.29) is 12.1 Å². The maximum atomic E-state index is 10.7. The molecule has 1 rings (SSSR count). The van der Waals surface area contributed by atoms with Crippen LogP contribution in [-0.4, -0.2) is 15.9 Å². The molecule has 0 amide bonds. The Morgan fingerprint density at radius 2 is 1.85 bits per heavy atom. The first-order chi connectivity index (χ1) is 6.01. The second-order valence-corrected chi connectivity index (χ2v) is 5.56. The average molecular weight is 204 g/mol. The zero-order valence-electron chi connectivity index (χ0n) is 7.72. The van der Waals surface area contributed by atoms with E-state index in [9.17, 15) is 4.57 Å². The summed E-state index contributed by atoms with van der Waals surface area (Å²) in [5, 5.41) is 0. The third-order valence-corrected chi connectivity index (χ3v) is 3.71. The molecule has 0 spiro atoms. The highest BCUT2D eigenvalue weighted by Crippen LogP contribution is 2.42. The van der Waals surface area contributed by atoms with Crippen molar-refractivity contribution in [3.05, 3.63) is 12.7 Å². The Morgan fingerprint density at radius 3 is 2.23 bits per heavy atom. The van der Waals surface area contributed by atoms with Crippen LogP contribution in [0.25, 0.3) is 0 Å². The highest BCUT2D eigenvalue weighted by atomic mass is 31.2. The van der Waals surface area contributed by atoms with Gasteiger partial charge in [0, 0.05) is 0 Å². The van der Waals surface area contributed by atoms with Crippen molar-refractivity contribution in [3.63, 3.8) is 0 Å². The lowest BCUT2D eigenvalue weighted by molar-refractivity contribution is 0.306. The van der Waals surface area contributed by atoms with Crippen LogP contribution in [-0.2, 0) is 4.57 Å². The maximum Gasteiger partial charge on any atom is 0.325 e. The molecule has 0 radical (unpaired) electrons. The molecule has 0 unspecified atom stereocenters. The smallest absolute Gasteiger partial charge is 0.324 e. The summed E-state index contributed by atoms with van der Waals surface area (Å²) in [6, 6.07) is 0. The van der Waals surface area contributed by atoms with Crippen molar-refractivity contribution in [2.24, 2.45) is 11.8 Å². The highest BCUT2D eigenvalue weighted by Gasteiger charge is 2.25. The standard InChI is InChI=1S/C9H17O3P/c1-2-8-3-5-9(6-4-8)7-13(10,11)12/h2,8-9H,1,3-7H2,(H2,10,11,12). The van der Waals surface area contributed by atoms with Crippen LogP contribution in [0.5, 0.6) is 0 Å². The molecule has 0 bridgehead atoms. The molecule has 1 fully saturated rings. The van der Waals surface area contributed by atoms with E-state index < -0.39 is 7.60 Å². The third kappa shape index (κ3) is 4.08. The van der Waals surface area contributed by atoms with Crippen LogP contribution in [0.15, 0.2) is 12.7 Å². The SMILES string of the molecule is C=CC1CCC(CP(=O)(O)O)CC1. The van der Waals surface area contributed by atoms with Crippen molar-refractivity contribution in [1.29, 1.82) is 0 Å². The summed E-state index contributed by atoms with van der Waals surface area (Å²) in [7, 11) is -3.79. The Labute approximate surface area is 79.0 Å². The summed E-state index contributed by atoms with van der Waals surface area (Å²) in [4.78, 5) is 17.6. The topological polar surface area (TPSA) is 57.5 Å². The van der Waals surface area contributed by atoms with E-state index >= 15 is 0 Å². The van der Waals surface area contributed by atoms with Crippen LogP contribution in [0.3, 0.4) is 0 Å². The normalized spacial score (nSPS) is 30.0. The Balaban J connectivity index is 2.33. The molecule has 4 heteroatoms. The largest absolute Gasteiger partial charge is 0.325 e. The summed E-state index contributed by atoms with van der Waals surface area (Å²) in [5.41, 5.74) is 0. The summed E-state index contributed by atoms with van der Waals surface area (Å²) < 4.78 is 10.7. The Hall–Kier alpha value is -0.110. The summed E-state index contributed by atoms with van der Waals surface area (Å²) in [6.07, 6.45) is 5.95. The first kappa shape index (κ1) is 11.0. The number of rotatable bonds is 3. The van der Waals surface area contributed by atoms with Crippen LogP contribution in [0.4, 0.5) is 0 Å². The number of hydrogen-bond acceptors (Lipinski definition) is 1. The van der Waals surface area contributed by atoms with E-state index in [1.54, 1.807) is 0 Å². The van der Waals surface area contributed by atoms with Gasteiger partial charge in [-0.25, -0.2) is 0 Å². The monoisotopic (exact) mass is 204 g/mol. The zero-order valence-corrected chi connectivity index (χ0v) is 8.62. The molecule has 1 saturated carbocycles. The first-order valence-corrected chi connectivity index (χ1v) is 6.48. The number of hydrogen-bond donors (Lipinski definition) is 2. The molecular weight excluding hydrogens is 187 g/mol. The molecule has 0 saturated heterocycles. The molecular formula is C9H17O3P. The second kappa shape index (κ2) is 4.41. The Morgan fingerprint density at radius 1 is 1.31 bits per heavy atom. The fraction of sp³-hybridized carbons (Fsp3) is 0.778. The number of allylic oxidation sites excluding steroid dienone is 1. The third-order valence-electron chi connectivity index (χ3n) is 2.72. The van der Waals surface area contributed by atoms with Gasteiger partial charge in [0.25, 0.3) is 0 Å². The minimum absolute atomic E-state index is 0.0663. The van der Waals surface area contributed by atoms with E-state index in [1.807, 2.05) is 6.08 Å². The van der Waals surface area contributed by atoms with Gasteiger partial charge in [0.2, 0.25) is 0 Å². The molecule has 0 aromatic carbocycles. The summed E-state index contributed by atoms with van der Waals surface area (Å²) in [5.74, 6) is 0.782. The quantitative estimate of drug-likeness (QED) is 0.547. The van der Waals surface area contributed by atoms with Crippen molar-refractivity contribution in [3.8, 4) is 0 Å². The maximum absolute atomic E-state index is 10.7. The van der Waals surface area contributed by atoms with Gasteiger partial charge in [-0.2, -0.15) is 0 Å². The predicted octanol–water partition coefficient (Wildman–Crippen LogP) is 2.16. The fourth-order valence-corrected chi connectivity index (χ4v) is 2.98. The molecule has 0 aromatic rings. The molecule has 2 N–H and O–H groups in total. The lowest BCUT2D eigenvalue weighted by Gasteiger charge is -2.26. The zero-order chi connectivity index (χ0) is 9.90. The van der Waals surface area contributed by atoms with Gasteiger partial charge in [0.1, 0.15) is 0 Å². The van der Waals surface area contributed by atoms with Gasteiger partial charge in [-0.3, -0.25) is 4.57 Å². The summed E-state index contributed by atoms with van der Waals surface area (Å²) in [6.45, 7) is 3.73. The van der Waals surface area contributed by atoms with Crippen molar-refractivity contribution in [2.75, 3.05) is 6.16 Å². The summed E-state index contributed by atoms with van der Waals surface area (Å²) >= 11 is 0. The van der Waals surface area contributed by atoms with Crippen LogP contribution < -0.4 is 0 Å². The van der Waals surface area contributed by atoms with E-state index in [0.29, 0.717) is 5.92 Å². The van der Waals surface area contributed by atoms with Gasteiger partial charge in [0.15, 0.2) is 0 Å². The Kier molecular flexibility index (Phi) is 3.72. The van der Waals surface area contributed by atoms with Gasteiger partial charge < -0.3 is 9.79 Å². The minimum Gasteiger partial charge on any atom is -0.324 e. The molecule has 1 aliphatic rings. The Bertz CT molecular complexity index is 213. The van der Waals surface area contributed by atoms with Crippen molar-refractivity contribution < 1.29 is 14.4 Å². The average Bonchev–Trinajstić information content (AvgIpc) is 2.03. The van der Waals surface area contributed by atoms with Gasteiger partial charge in [-0.05, 0) is 37.5 Å². The lowest BCUT2D eigenvalue weighted by Crippen LogP contribution is -2.16. The van der Waals surface area contributed by atoms with E-state index in [2.05, 4.69) is 6.58 Å². The molecule has 3 nitrogen and oxygen atoms in total. The van der Waals surface area contributed by atoms with Crippen LogP contribution in [0.1, 0.15) is 25.7 Å². The van der Waals surface area contributed by atoms with Gasteiger partial charge in [0.05, 0.1) is 6.16 Å². The van der Waals surface area contributed by atoms with Gasteiger partial charge in [-0.15, -0.1) is 6.58 Å². The van der Waals surface area contributed by atoms with Crippen molar-refractivity contribution in [2.45, 2.75) is 25.7 Å². The molecule has 76 valence electrons.